The lowest BCUT2D eigenvalue weighted by atomic mass is 10.0. The lowest BCUT2D eigenvalue weighted by Crippen LogP contribution is -2.46. The summed E-state index contributed by atoms with van der Waals surface area (Å²) in [4.78, 5) is 13.7. The third kappa shape index (κ3) is 3.72. The van der Waals surface area contributed by atoms with Gasteiger partial charge in [0.15, 0.2) is 0 Å². The van der Waals surface area contributed by atoms with Gasteiger partial charge in [-0.3, -0.25) is 4.79 Å². The zero-order valence-corrected chi connectivity index (χ0v) is 11.0. The standard InChI is InChI=1S/C14H17F3N2O/c15-14(16,17)11-5-3-10(4-6-11)8-13(20)19-7-1-2-12(18)9-19/h3-6,12H,1-2,7-9,18H2. The molecule has 20 heavy (non-hydrogen) atoms. The predicted octanol–water partition coefficient (Wildman–Crippen LogP) is 2.20. The second-order valence-corrected chi connectivity index (χ2v) is 5.11. The maximum atomic E-state index is 12.4. The number of rotatable bonds is 2. The molecule has 1 unspecified atom stereocenters. The van der Waals surface area contributed by atoms with Crippen LogP contribution < -0.4 is 5.73 Å². The Hall–Kier alpha value is -1.56. The van der Waals surface area contributed by atoms with E-state index >= 15 is 0 Å². The van der Waals surface area contributed by atoms with Gasteiger partial charge in [-0.2, -0.15) is 13.2 Å². The lowest BCUT2D eigenvalue weighted by Gasteiger charge is -2.30. The van der Waals surface area contributed by atoms with E-state index < -0.39 is 11.7 Å². The van der Waals surface area contributed by atoms with Gasteiger partial charge in [0, 0.05) is 19.1 Å². The molecule has 1 amide bonds. The van der Waals surface area contributed by atoms with Crippen molar-refractivity contribution in [1.29, 1.82) is 0 Å². The summed E-state index contributed by atoms with van der Waals surface area (Å²) in [5.41, 5.74) is 5.69. The number of benzene rings is 1. The van der Waals surface area contributed by atoms with Crippen molar-refractivity contribution in [2.45, 2.75) is 31.5 Å². The van der Waals surface area contributed by atoms with E-state index in [-0.39, 0.29) is 18.4 Å². The number of amides is 1. The van der Waals surface area contributed by atoms with Crippen LogP contribution in [0, 0.1) is 0 Å². The molecule has 110 valence electrons. The normalized spacial score (nSPS) is 20.0. The summed E-state index contributed by atoms with van der Waals surface area (Å²) < 4.78 is 37.3. The molecule has 2 rings (SSSR count). The highest BCUT2D eigenvalue weighted by molar-refractivity contribution is 5.78. The second-order valence-electron chi connectivity index (χ2n) is 5.11. The van der Waals surface area contributed by atoms with Crippen molar-refractivity contribution in [3.05, 3.63) is 35.4 Å². The number of carbonyl (C=O) groups is 1. The molecule has 0 saturated carbocycles. The molecule has 1 heterocycles. The van der Waals surface area contributed by atoms with Crippen LogP contribution in [0.25, 0.3) is 0 Å². The van der Waals surface area contributed by atoms with Crippen LogP contribution in [0.5, 0.6) is 0 Å². The number of alkyl halides is 3. The Morgan fingerprint density at radius 3 is 2.50 bits per heavy atom. The summed E-state index contributed by atoms with van der Waals surface area (Å²) in [7, 11) is 0. The monoisotopic (exact) mass is 286 g/mol. The zero-order chi connectivity index (χ0) is 14.8. The second kappa shape index (κ2) is 5.83. The maximum absolute atomic E-state index is 12.4. The molecule has 0 aliphatic carbocycles. The highest BCUT2D eigenvalue weighted by atomic mass is 19.4. The van der Waals surface area contributed by atoms with Crippen molar-refractivity contribution in [3.63, 3.8) is 0 Å². The molecule has 1 aliphatic heterocycles. The highest BCUT2D eigenvalue weighted by Crippen LogP contribution is 2.29. The van der Waals surface area contributed by atoms with Crippen LogP contribution in [0.3, 0.4) is 0 Å². The van der Waals surface area contributed by atoms with Crippen molar-refractivity contribution in [2.75, 3.05) is 13.1 Å². The number of carbonyl (C=O) groups excluding carboxylic acids is 1. The van der Waals surface area contributed by atoms with Gasteiger partial charge in [-0.1, -0.05) is 12.1 Å². The molecule has 1 aromatic rings. The minimum absolute atomic E-state index is 0.000283. The molecule has 0 spiro atoms. The molecular weight excluding hydrogens is 269 g/mol. The van der Waals surface area contributed by atoms with Crippen LogP contribution in [0.1, 0.15) is 24.0 Å². The van der Waals surface area contributed by atoms with Gasteiger partial charge in [-0.25, -0.2) is 0 Å². The maximum Gasteiger partial charge on any atom is 0.416 e. The first-order valence-corrected chi connectivity index (χ1v) is 6.56. The summed E-state index contributed by atoms with van der Waals surface area (Å²) >= 11 is 0. The highest BCUT2D eigenvalue weighted by Gasteiger charge is 2.30. The minimum Gasteiger partial charge on any atom is -0.341 e. The van der Waals surface area contributed by atoms with Crippen LogP contribution in [-0.4, -0.2) is 29.9 Å². The van der Waals surface area contributed by atoms with E-state index in [0.717, 1.165) is 25.0 Å². The van der Waals surface area contributed by atoms with E-state index in [2.05, 4.69) is 0 Å². The number of likely N-dealkylation sites (tertiary alicyclic amines) is 1. The summed E-state index contributed by atoms with van der Waals surface area (Å²) in [5.74, 6) is -0.0834. The number of nitrogens with zero attached hydrogens (tertiary/aromatic N) is 1. The van der Waals surface area contributed by atoms with E-state index in [0.29, 0.717) is 18.7 Å². The van der Waals surface area contributed by atoms with Crippen molar-refractivity contribution in [1.82, 2.24) is 4.90 Å². The van der Waals surface area contributed by atoms with Gasteiger partial charge in [-0.05, 0) is 30.5 Å². The average Bonchev–Trinajstić information content (AvgIpc) is 2.38. The average molecular weight is 286 g/mol. The van der Waals surface area contributed by atoms with Gasteiger partial charge in [0.25, 0.3) is 0 Å². The minimum atomic E-state index is -4.35. The molecule has 1 aromatic carbocycles. The molecule has 6 heteroatoms. The fourth-order valence-electron chi connectivity index (χ4n) is 2.33. The van der Waals surface area contributed by atoms with Crippen molar-refractivity contribution >= 4 is 5.91 Å². The van der Waals surface area contributed by atoms with Gasteiger partial charge in [0.05, 0.1) is 12.0 Å². The van der Waals surface area contributed by atoms with E-state index in [1.165, 1.54) is 12.1 Å². The quantitative estimate of drug-likeness (QED) is 0.906. The topological polar surface area (TPSA) is 46.3 Å². The first kappa shape index (κ1) is 14.8. The number of hydrogen-bond acceptors (Lipinski definition) is 2. The van der Waals surface area contributed by atoms with E-state index in [1.54, 1.807) is 4.90 Å². The van der Waals surface area contributed by atoms with E-state index in [9.17, 15) is 18.0 Å². The lowest BCUT2D eigenvalue weighted by molar-refractivity contribution is -0.137. The zero-order valence-electron chi connectivity index (χ0n) is 11.0. The first-order chi connectivity index (χ1) is 9.36. The summed E-state index contributed by atoms with van der Waals surface area (Å²) in [6.07, 6.45) is -2.45. The number of piperidine rings is 1. The predicted molar refractivity (Wildman–Crippen MR) is 68.9 cm³/mol. The molecule has 1 saturated heterocycles. The van der Waals surface area contributed by atoms with Crippen LogP contribution in [0.2, 0.25) is 0 Å². The van der Waals surface area contributed by atoms with Gasteiger partial charge in [-0.15, -0.1) is 0 Å². The Balaban J connectivity index is 1.97. The summed E-state index contributed by atoms with van der Waals surface area (Å²) in [6, 6.07) is 4.71. The van der Waals surface area contributed by atoms with Crippen molar-refractivity contribution < 1.29 is 18.0 Å². The molecular formula is C14H17F3N2O. The van der Waals surface area contributed by atoms with Crippen LogP contribution in [0.15, 0.2) is 24.3 Å². The van der Waals surface area contributed by atoms with Gasteiger partial charge in [0.1, 0.15) is 0 Å². The Labute approximate surface area is 115 Å². The van der Waals surface area contributed by atoms with Crippen molar-refractivity contribution in [2.24, 2.45) is 5.73 Å². The fourth-order valence-corrected chi connectivity index (χ4v) is 2.33. The molecule has 0 radical (unpaired) electrons. The van der Waals surface area contributed by atoms with Gasteiger partial charge in [0.2, 0.25) is 5.91 Å². The number of halogens is 3. The molecule has 3 nitrogen and oxygen atoms in total. The molecule has 1 aliphatic rings. The molecule has 0 bridgehead atoms. The van der Waals surface area contributed by atoms with Gasteiger partial charge < -0.3 is 10.6 Å². The Bertz CT molecular complexity index is 470. The van der Waals surface area contributed by atoms with Crippen LogP contribution >= 0.6 is 0 Å². The third-order valence-electron chi connectivity index (χ3n) is 3.45. The molecule has 1 atom stereocenters. The first-order valence-electron chi connectivity index (χ1n) is 6.56. The number of nitrogens with two attached hydrogens (primary N) is 1. The largest absolute Gasteiger partial charge is 0.416 e. The van der Waals surface area contributed by atoms with Crippen LogP contribution in [0.4, 0.5) is 13.2 Å². The van der Waals surface area contributed by atoms with Crippen molar-refractivity contribution in [3.8, 4) is 0 Å². The molecule has 2 N–H and O–H groups in total. The van der Waals surface area contributed by atoms with E-state index in [4.69, 9.17) is 5.73 Å². The number of hydrogen-bond donors (Lipinski definition) is 1. The Morgan fingerprint density at radius 2 is 1.95 bits per heavy atom. The molecule has 1 fully saturated rings. The SMILES string of the molecule is NC1CCCN(C(=O)Cc2ccc(C(F)(F)F)cc2)C1. The van der Waals surface area contributed by atoms with Crippen LogP contribution in [-0.2, 0) is 17.4 Å². The Morgan fingerprint density at radius 1 is 1.30 bits per heavy atom. The van der Waals surface area contributed by atoms with E-state index in [1.807, 2.05) is 0 Å². The molecule has 0 aromatic heterocycles. The Kier molecular flexibility index (Phi) is 4.32. The summed E-state index contributed by atoms with van der Waals surface area (Å²) in [5, 5.41) is 0. The third-order valence-corrected chi connectivity index (χ3v) is 3.45. The van der Waals surface area contributed by atoms with Gasteiger partial charge >= 0.3 is 6.18 Å². The summed E-state index contributed by atoms with van der Waals surface area (Å²) in [6.45, 7) is 1.20. The fraction of sp³-hybridized carbons (Fsp3) is 0.500. The smallest absolute Gasteiger partial charge is 0.341 e.